The molecule has 2 rings (SSSR count). The fourth-order valence-corrected chi connectivity index (χ4v) is 2.17. The number of hydrogen-bond donors (Lipinski definition) is 1. The highest BCUT2D eigenvalue weighted by Gasteiger charge is 2.13. The molecule has 22 heavy (non-hydrogen) atoms. The third-order valence-corrected chi connectivity index (χ3v) is 3.43. The van der Waals surface area contributed by atoms with E-state index in [2.05, 4.69) is 5.32 Å². The van der Waals surface area contributed by atoms with E-state index in [4.69, 9.17) is 13.9 Å². The van der Waals surface area contributed by atoms with Crippen LogP contribution in [0.15, 0.2) is 41.0 Å². The second kappa shape index (κ2) is 7.54. The van der Waals surface area contributed by atoms with Crippen LogP contribution in [0.25, 0.3) is 0 Å². The van der Waals surface area contributed by atoms with E-state index >= 15 is 0 Å². The van der Waals surface area contributed by atoms with Crippen LogP contribution < -0.4 is 14.8 Å². The summed E-state index contributed by atoms with van der Waals surface area (Å²) >= 11 is 0. The SMILES string of the molecule is COc1ccc(C(=O)N[C@H](C)CCc2ccco2)cc1OC. The monoisotopic (exact) mass is 303 g/mol. The minimum Gasteiger partial charge on any atom is -0.493 e. The number of methoxy groups -OCH3 is 2. The largest absolute Gasteiger partial charge is 0.493 e. The van der Waals surface area contributed by atoms with Gasteiger partial charge >= 0.3 is 0 Å². The molecule has 1 N–H and O–H groups in total. The minimum absolute atomic E-state index is 0.0469. The van der Waals surface area contributed by atoms with Crippen LogP contribution in [0.3, 0.4) is 0 Å². The number of carbonyl (C=O) groups excluding carboxylic acids is 1. The van der Waals surface area contributed by atoms with Gasteiger partial charge in [0.15, 0.2) is 11.5 Å². The van der Waals surface area contributed by atoms with E-state index in [1.165, 1.54) is 0 Å². The van der Waals surface area contributed by atoms with Crippen LogP contribution in [0, 0.1) is 0 Å². The molecule has 1 aromatic carbocycles. The van der Waals surface area contributed by atoms with Crippen molar-refractivity contribution in [3.05, 3.63) is 47.9 Å². The van der Waals surface area contributed by atoms with Crippen molar-refractivity contribution in [3.8, 4) is 11.5 Å². The summed E-state index contributed by atoms with van der Waals surface area (Å²) in [6.45, 7) is 1.97. The predicted octanol–water partition coefficient (Wildman–Crippen LogP) is 3.05. The number of benzene rings is 1. The van der Waals surface area contributed by atoms with Crippen LogP contribution >= 0.6 is 0 Å². The summed E-state index contributed by atoms with van der Waals surface area (Å²) in [6, 6.07) is 8.96. The molecule has 0 aliphatic heterocycles. The smallest absolute Gasteiger partial charge is 0.251 e. The Morgan fingerprint density at radius 1 is 1.23 bits per heavy atom. The van der Waals surface area contributed by atoms with E-state index in [1.807, 2.05) is 19.1 Å². The Bertz CT molecular complexity index is 607. The third-order valence-electron chi connectivity index (χ3n) is 3.43. The molecule has 5 heteroatoms. The van der Waals surface area contributed by atoms with Crippen LogP contribution in [-0.2, 0) is 6.42 Å². The fraction of sp³-hybridized carbons (Fsp3) is 0.353. The summed E-state index contributed by atoms with van der Waals surface area (Å²) in [7, 11) is 3.11. The van der Waals surface area contributed by atoms with Crippen molar-refractivity contribution in [2.75, 3.05) is 14.2 Å². The molecule has 5 nitrogen and oxygen atoms in total. The van der Waals surface area contributed by atoms with Crippen molar-refractivity contribution in [2.45, 2.75) is 25.8 Å². The minimum atomic E-state index is -0.132. The molecule has 0 aliphatic carbocycles. The first-order chi connectivity index (χ1) is 10.6. The van der Waals surface area contributed by atoms with Crippen molar-refractivity contribution in [3.63, 3.8) is 0 Å². The molecule has 0 saturated carbocycles. The van der Waals surface area contributed by atoms with Gasteiger partial charge in [-0.15, -0.1) is 0 Å². The lowest BCUT2D eigenvalue weighted by Gasteiger charge is -2.14. The van der Waals surface area contributed by atoms with Gasteiger partial charge in [0, 0.05) is 18.0 Å². The van der Waals surface area contributed by atoms with E-state index in [0.29, 0.717) is 17.1 Å². The van der Waals surface area contributed by atoms with E-state index < -0.39 is 0 Å². The number of furan rings is 1. The second-order valence-electron chi connectivity index (χ2n) is 5.06. The average molecular weight is 303 g/mol. The summed E-state index contributed by atoms with van der Waals surface area (Å²) in [4.78, 5) is 12.3. The summed E-state index contributed by atoms with van der Waals surface area (Å²) in [5.74, 6) is 1.93. The van der Waals surface area contributed by atoms with Crippen LogP contribution in [0.5, 0.6) is 11.5 Å². The number of rotatable bonds is 7. The van der Waals surface area contributed by atoms with Crippen molar-refractivity contribution >= 4 is 5.91 Å². The molecule has 0 radical (unpaired) electrons. The number of nitrogens with one attached hydrogen (secondary N) is 1. The zero-order chi connectivity index (χ0) is 15.9. The highest BCUT2D eigenvalue weighted by molar-refractivity contribution is 5.95. The number of ether oxygens (including phenoxy) is 2. The molecule has 2 aromatic rings. The maximum atomic E-state index is 12.3. The first-order valence-corrected chi connectivity index (χ1v) is 7.19. The van der Waals surface area contributed by atoms with Gasteiger partial charge in [-0.2, -0.15) is 0 Å². The maximum absolute atomic E-state index is 12.3. The molecule has 1 aromatic heterocycles. The quantitative estimate of drug-likeness (QED) is 0.854. The van der Waals surface area contributed by atoms with E-state index in [1.54, 1.807) is 38.7 Å². The lowest BCUT2D eigenvalue weighted by atomic mass is 10.1. The molecule has 1 heterocycles. The highest BCUT2D eigenvalue weighted by Crippen LogP contribution is 2.27. The Balaban J connectivity index is 1.93. The van der Waals surface area contributed by atoms with Gasteiger partial charge in [0.25, 0.3) is 5.91 Å². The second-order valence-corrected chi connectivity index (χ2v) is 5.06. The maximum Gasteiger partial charge on any atom is 0.251 e. The Labute approximate surface area is 130 Å². The Kier molecular flexibility index (Phi) is 5.47. The van der Waals surface area contributed by atoms with E-state index in [-0.39, 0.29) is 11.9 Å². The molecule has 1 amide bonds. The number of carbonyl (C=O) groups is 1. The first-order valence-electron chi connectivity index (χ1n) is 7.19. The lowest BCUT2D eigenvalue weighted by molar-refractivity contribution is 0.0937. The average Bonchev–Trinajstić information content (AvgIpc) is 3.05. The molecule has 0 saturated heterocycles. The predicted molar refractivity (Wildman–Crippen MR) is 83.5 cm³/mol. The van der Waals surface area contributed by atoms with Gasteiger partial charge in [-0.1, -0.05) is 0 Å². The highest BCUT2D eigenvalue weighted by atomic mass is 16.5. The summed E-state index contributed by atoms with van der Waals surface area (Å²) in [6.07, 6.45) is 3.26. The standard InChI is InChI=1S/C17H21NO4/c1-12(6-8-14-5-4-10-22-14)18-17(19)13-7-9-15(20-2)16(11-13)21-3/h4-5,7,9-12H,6,8H2,1-3H3,(H,18,19)/t12-/m1/s1. The van der Waals surface area contributed by atoms with Gasteiger partial charge in [0.05, 0.1) is 20.5 Å². The lowest BCUT2D eigenvalue weighted by Crippen LogP contribution is -2.32. The van der Waals surface area contributed by atoms with E-state index in [9.17, 15) is 4.79 Å². The van der Waals surface area contributed by atoms with Gasteiger partial charge in [-0.25, -0.2) is 0 Å². The Morgan fingerprint density at radius 3 is 2.64 bits per heavy atom. The van der Waals surface area contributed by atoms with Crippen molar-refractivity contribution in [1.29, 1.82) is 0 Å². The fourth-order valence-electron chi connectivity index (χ4n) is 2.17. The number of hydrogen-bond acceptors (Lipinski definition) is 4. The molecule has 0 spiro atoms. The topological polar surface area (TPSA) is 60.7 Å². The van der Waals surface area contributed by atoms with Crippen LogP contribution in [0.1, 0.15) is 29.5 Å². The molecular formula is C17H21NO4. The Hall–Kier alpha value is -2.43. The van der Waals surface area contributed by atoms with Crippen molar-refractivity contribution in [1.82, 2.24) is 5.32 Å². The van der Waals surface area contributed by atoms with Gasteiger partial charge < -0.3 is 19.2 Å². The molecule has 1 atom stereocenters. The molecular weight excluding hydrogens is 282 g/mol. The summed E-state index contributed by atoms with van der Waals surface area (Å²) in [5, 5.41) is 2.97. The van der Waals surface area contributed by atoms with Crippen molar-refractivity contribution in [2.24, 2.45) is 0 Å². The van der Waals surface area contributed by atoms with Crippen LogP contribution in [0.4, 0.5) is 0 Å². The van der Waals surface area contributed by atoms with Gasteiger partial charge in [-0.3, -0.25) is 4.79 Å². The van der Waals surface area contributed by atoms with Gasteiger partial charge in [0.2, 0.25) is 0 Å². The molecule has 0 fully saturated rings. The summed E-state index contributed by atoms with van der Waals surface area (Å²) < 4.78 is 15.7. The Morgan fingerprint density at radius 2 is 2.00 bits per heavy atom. The first kappa shape index (κ1) is 15.9. The molecule has 0 aliphatic rings. The third kappa shape index (κ3) is 4.04. The molecule has 118 valence electrons. The normalized spacial score (nSPS) is 11.8. The molecule has 0 bridgehead atoms. The van der Waals surface area contributed by atoms with E-state index in [0.717, 1.165) is 18.6 Å². The zero-order valence-corrected chi connectivity index (χ0v) is 13.1. The molecule has 0 unspecified atom stereocenters. The number of amides is 1. The summed E-state index contributed by atoms with van der Waals surface area (Å²) in [5.41, 5.74) is 0.544. The van der Waals surface area contributed by atoms with Gasteiger partial charge in [-0.05, 0) is 43.7 Å². The van der Waals surface area contributed by atoms with Gasteiger partial charge in [0.1, 0.15) is 5.76 Å². The zero-order valence-electron chi connectivity index (χ0n) is 13.1. The number of aryl methyl sites for hydroxylation is 1. The van der Waals surface area contributed by atoms with Crippen LogP contribution in [-0.4, -0.2) is 26.2 Å². The van der Waals surface area contributed by atoms with Crippen molar-refractivity contribution < 1.29 is 18.7 Å². The van der Waals surface area contributed by atoms with Crippen LogP contribution in [0.2, 0.25) is 0 Å².